The third-order valence-electron chi connectivity index (χ3n) is 7.99. The number of benzene rings is 3. The number of fused-ring (bicyclic) bond motifs is 1. The van der Waals surface area contributed by atoms with Gasteiger partial charge in [0.1, 0.15) is 0 Å². The molecule has 0 saturated carbocycles. The molecule has 0 bridgehead atoms. The van der Waals surface area contributed by atoms with Crippen LogP contribution in [0.4, 0.5) is 5.95 Å². The van der Waals surface area contributed by atoms with Crippen molar-refractivity contribution in [3.63, 3.8) is 0 Å². The fourth-order valence-corrected chi connectivity index (χ4v) is 6.05. The molecule has 234 valence electrons. The summed E-state index contributed by atoms with van der Waals surface area (Å²) in [6, 6.07) is 25.4. The van der Waals surface area contributed by atoms with E-state index in [1.54, 1.807) is 42.5 Å². The Morgan fingerprint density at radius 1 is 0.804 bits per heavy atom. The number of pyridine rings is 1. The molecule has 11 nitrogen and oxygen atoms in total. The van der Waals surface area contributed by atoms with E-state index in [4.69, 9.17) is 9.97 Å². The molecule has 0 atom stereocenters. The van der Waals surface area contributed by atoms with E-state index >= 15 is 0 Å². The Hall–Kier alpha value is -5.36. The Bertz CT molecular complexity index is 2090. The van der Waals surface area contributed by atoms with Crippen LogP contribution in [0.1, 0.15) is 32.0 Å². The van der Waals surface area contributed by atoms with Crippen molar-refractivity contribution >= 4 is 38.6 Å². The molecule has 1 saturated heterocycles. The molecule has 2 amide bonds. The van der Waals surface area contributed by atoms with Crippen LogP contribution in [-0.4, -0.2) is 72.1 Å². The molecule has 2 aromatic heterocycles. The third kappa shape index (κ3) is 6.38. The zero-order chi connectivity index (χ0) is 32.4. The minimum Gasteiger partial charge on any atom is -0.348 e. The molecule has 0 radical (unpaired) electrons. The van der Waals surface area contributed by atoms with E-state index < -0.39 is 9.84 Å². The molecular weight excluding hydrogens is 604 g/mol. The molecule has 0 unspecified atom stereocenters. The lowest BCUT2D eigenvalue weighted by molar-refractivity contribution is 0.0746. The summed E-state index contributed by atoms with van der Waals surface area (Å²) in [6.07, 6.45) is 1.15. The quantitative estimate of drug-likeness (QED) is 0.287. The number of amides is 2. The average molecular weight is 637 g/mol. The lowest BCUT2D eigenvalue weighted by Gasteiger charge is -2.35. The number of carbonyl (C=O) groups is 2. The number of hydrogen-bond donors (Lipinski definition) is 1. The number of nitrogens with one attached hydrogen (secondary N) is 1. The van der Waals surface area contributed by atoms with Gasteiger partial charge in [-0.2, -0.15) is 4.98 Å². The Kier molecular flexibility index (Phi) is 8.37. The smallest absolute Gasteiger partial charge is 0.256 e. The number of piperazine rings is 1. The molecule has 5 aromatic rings. The first-order chi connectivity index (χ1) is 22.1. The number of hydrogen-bond acceptors (Lipinski definition) is 8. The maximum atomic E-state index is 13.2. The van der Waals surface area contributed by atoms with Gasteiger partial charge in [0.2, 0.25) is 5.95 Å². The zero-order valence-corrected chi connectivity index (χ0v) is 26.2. The predicted octanol–water partition coefficient (Wildman–Crippen LogP) is 3.39. The number of sulfone groups is 1. The minimum atomic E-state index is -3.30. The lowest BCUT2D eigenvalue weighted by atomic mass is 10.1. The summed E-state index contributed by atoms with van der Waals surface area (Å²) in [4.78, 5) is 52.6. The molecular formula is C34H32N6O5S. The van der Waals surface area contributed by atoms with Crippen molar-refractivity contribution in [1.82, 2.24) is 24.8 Å². The van der Waals surface area contributed by atoms with Crippen molar-refractivity contribution in [2.24, 2.45) is 0 Å². The molecule has 6 rings (SSSR count). The third-order valence-corrected chi connectivity index (χ3v) is 9.12. The van der Waals surface area contributed by atoms with Gasteiger partial charge in [-0.3, -0.25) is 19.0 Å². The van der Waals surface area contributed by atoms with Crippen LogP contribution in [0.15, 0.2) is 101 Å². The second-order valence-electron chi connectivity index (χ2n) is 11.1. The molecule has 1 N–H and O–H groups in total. The van der Waals surface area contributed by atoms with Gasteiger partial charge in [-0.1, -0.05) is 30.3 Å². The molecule has 3 heterocycles. The molecule has 46 heavy (non-hydrogen) atoms. The van der Waals surface area contributed by atoms with Gasteiger partial charge in [0.15, 0.2) is 15.5 Å². The molecule has 1 aliphatic heterocycles. The average Bonchev–Trinajstić information content (AvgIpc) is 3.07. The number of carbonyl (C=O) groups excluding carboxylic acids is 2. The van der Waals surface area contributed by atoms with E-state index in [9.17, 15) is 22.8 Å². The highest BCUT2D eigenvalue weighted by Crippen LogP contribution is 2.22. The summed E-state index contributed by atoms with van der Waals surface area (Å²) in [6.45, 7) is 4.23. The lowest BCUT2D eigenvalue weighted by Crippen LogP contribution is -2.49. The Balaban J connectivity index is 1.19. The van der Waals surface area contributed by atoms with E-state index in [2.05, 4.69) is 5.32 Å². The molecule has 12 heteroatoms. The van der Waals surface area contributed by atoms with Gasteiger partial charge in [-0.05, 0) is 67.1 Å². The molecule has 1 aliphatic rings. The van der Waals surface area contributed by atoms with Crippen LogP contribution in [0.3, 0.4) is 0 Å². The first kappa shape index (κ1) is 30.7. The summed E-state index contributed by atoms with van der Waals surface area (Å²) >= 11 is 0. The summed E-state index contributed by atoms with van der Waals surface area (Å²) in [5.41, 5.74) is 3.26. The van der Waals surface area contributed by atoms with Crippen molar-refractivity contribution in [2.45, 2.75) is 18.4 Å². The van der Waals surface area contributed by atoms with E-state index in [1.165, 1.54) is 22.8 Å². The number of aromatic nitrogens is 3. The predicted molar refractivity (Wildman–Crippen MR) is 175 cm³/mol. The summed E-state index contributed by atoms with van der Waals surface area (Å²) in [5, 5.41) is 3.56. The van der Waals surface area contributed by atoms with Crippen molar-refractivity contribution in [3.8, 4) is 5.69 Å². The number of anilines is 1. The number of aryl methyl sites for hydroxylation is 1. The highest BCUT2D eigenvalue weighted by atomic mass is 32.2. The SMILES string of the molecule is Cc1nc(N2CCN(C(=O)c3ccccc3)CC2)nc2c1ccc(=O)n2-c1ccc(C(=O)NCc2ccc(S(C)(=O)=O)cc2)cc1. The highest BCUT2D eigenvalue weighted by molar-refractivity contribution is 7.90. The van der Waals surface area contributed by atoms with Crippen LogP contribution < -0.4 is 15.8 Å². The first-order valence-electron chi connectivity index (χ1n) is 14.8. The van der Waals surface area contributed by atoms with Crippen molar-refractivity contribution in [2.75, 3.05) is 37.3 Å². The van der Waals surface area contributed by atoms with Crippen LogP contribution in [0.2, 0.25) is 0 Å². The summed E-state index contributed by atoms with van der Waals surface area (Å²) in [7, 11) is -3.30. The van der Waals surface area contributed by atoms with Gasteiger partial charge in [0, 0.05) is 61.6 Å². The van der Waals surface area contributed by atoms with Gasteiger partial charge in [0.05, 0.1) is 16.3 Å². The van der Waals surface area contributed by atoms with Crippen LogP contribution in [0, 0.1) is 6.92 Å². The van der Waals surface area contributed by atoms with E-state index in [1.807, 2.05) is 47.1 Å². The van der Waals surface area contributed by atoms with Gasteiger partial charge in [-0.25, -0.2) is 13.4 Å². The largest absolute Gasteiger partial charge is 0.348 e. The van der Waals surface area contributed by atoms with Crippen molar-refractivity contribution in [1.29, 1.82) is 0 Å². The van der Waals surface area contributed by atoms with Crippen molar-refractivity contribution in [3.05, 3.63) is 124 Å². The fourth-order valence-electron chi connectivity index (χ4n) is 5.42. The minimum absolute atomic E-state index is 0.00918. The molecule has 0 spiro atoms. The number of nitrogens with zero attached hydrogens (tertiary/aromatic N) is 5. The van der Waals surface area contributed by atoms with Crippen LogP contribution in [0.25, 0.3) is 16.7 Å². The monoisotopic (exact) mass is 636 g/mol. The topological polar surface area (TPSA) is 135 Å². The van der Waals surface area contributed by atoms with E-state index in [0.29, 0.717) is 54.6 Å². The van der Waals surface area contributed by atoms with Crippen molar-refractivity contribution < 1.29 is 18.0 Å². The van der Waals surface area contributed by atoms with Crippen LogP contribution >= 0.6 is 0 Å². The standard InChI is InChI=1S/C34H32N6O5S/c1-23-29-16-17-30(41)40(27-12-10-25(11-13-27)32(42)35-22-24-8-14-28(15-9-24)46(2,44)45)31(29)37-34(36-23)39-20-18-38(19-21-39)33(43)26-6-4-3-5-7-26/h3-17H,18-22H2,1-2H3,(H,35,42). The second kappa shape index (κ2) is 12.6. The van der Waals surface area contributed by atoms with E-state index in [-0.39, 0.29) is 28.8 Å². The maximum absolute atomic E-state index is 13.2. The van der Waals surface area contributed by atoms with Gasteiger partial charge >= 0.3 is 0 Å². The Morgan fingerprint density at radius 3 is 2.13 bits per heavy atom. The van der Waals surface area contributed by atoms with Crippen LogP contribution in [-0.2, 0) is 16.4 Å². The first-order valence-corrected chi connectivity index (χ1v) is 16.6. The maximum Gasteiger partial charge on any atom is 0.256 e. The molecule has 0 aliphatic carbocycles. The van der Waals surface area contributed by atoms with Gasteiger partial charge in [-0.15, -0.1) is 0 Å². The van der Waals surface area contributed by atoms with Gasteiger partial charge in [0.25, 0.3) is 17.4 Å². The Morgan fingerprint density at radius 2 is 1.48 bits per heavy atom. The fraction of sp³-hybridized carbons (Fsp3) is 0.206. The van der Waals surface area contributed by atoms with E-state index in [0.717, 1.165) is 22.9 Å². The summed E-state index contributed by atoms with van der Waals surface area (Å²) in [5.74, 6) is 0.163. The highest BCUT2D eigenvalue weighted by Gasteiger charge is 2.24. The van der Waals surface area contributed by atoms with Crippen LogP contribution in [0.5, 0.6) is 0 Å². The zero-order valence-electron chi connectivity index (χ0n) is 25.4. The summed E-state index contributed by atoms with van der Waals surface area (Å²) < 4.78 is 24.9. The number of rotatable bonds is 7. The molecule has 1 fully saturated rings. The second-order valence-corrected chi connectivity index (χ2v) is 13.2. The Labute approximate surface area is 266 Å². The molecule has 3 aromatic carbocycles. The normalized spacial score (nSPS) is 13.5. The van der Waals surface area contributed by atoms with Gasteiger partial charge < -0.3 is 15.1 Å².